The van der Waals surface area contributed by atoms with Crippen molar-refractivity contribution in [3.63, 3.8) is 0 Å². The highest BCUT2D eigenvalue weighted by molar-refractivity contribution is 14.1. The number of hydrogen-bond acceptors (Lipinski definition) is 3. The number of esters is 1. The second kappa shape index (κ2) is 8.29. The highest BCUT2D eigenvalue weighted by Gasteiger charge is 2.55. The Balaban J connectivity index is 2.00. The smallest absolute Gasteiger partial charge is 0.315 e. The van der Waals surface area contributed by atoms with Gasteiger partial charge < -0.3 is 9.47 Å². The molecule has 1 unspecified atom stereocenters. The Hall–Kier alpha value is -0.880. The molecule has 126 valence electrons. The average molecular weight is 428 g/mol. The van der Waals surface area contributed by atoms with Crippen LogP contribution in [0.25, 0.3) is 6.08 Å². The summed E-state index contributed by atoms with van der Waals surface area (Å²) in [6.45, 7) is 5.03. The quantitative estimate of drug-likeness (QED) is 0.344. The summed E-state index contributed by atoms with van der Waals surface area (Å²) in [7, 11) is 0. The van der Waals surface area contributed by atoms with E-state index in [9.17, 15) is 4.79 Å². The van der Waals surface area contributed by atoms with Gasteiger partial charge in [-0.15, -0.1) is 0 Å². The zero-order chi connectivity index (χ0) is 16.8. The van der Waals surface area contributed by atoms with Crippen molar-refractivity contribution in [3.8, 4) is 0 Å². The summed E-state index contributed by atoms with van der Waals surface area (Å²) < 4.78 is 12.4. The second-order valence-electron chi connectivity index (χ2n) is 6.39. The van der Waals surface area contributed by atoms with Crippen molar-refractivity contribution in [2.75, 3.05) is 17.6 Å². The van der Waals surface area contributed by atoms with Gasteiger partial charge in [0.1, 0.15) is 0 Å². The number of cyclic esters (lactones) is 1. The molecule has 2 rings (SSSR count). The fraction of sp³-hybridized carbons (Fsp3) is 0.526. The third-order valence-corrected chi connectivity index (χ3v) is 5.46. The van der Waals surface area contributed by atoms with E-state index in [4.69, 9.17) is 9.47 Å². The van der Waals surface area contributed by atoms with E-state index in [0.717, 1.165) is 29.3 Å². The van der Waals surface area contributed by atoms with Crippen molar-refractivity contribution in [1.82, 2.24) is 0 Å². The molecule has 1 heterocycles. The lowest BCUT2D eigenvalue weighted by Crippen LogP contribution is -2.49. The average Bonchev–Trinajstić information content (AvgIpc) is 2.93. The molecule has 0 saturated carbocycles. The predicted octanol–water partition coefficient (Wildman–Crippen LogP) is 4.64. The molecule has 4 heteroatoms. The number of carbonyl (C=O) groups excluding carboxylic acids is 1. The Labute approximate surface area is 152 Å². The Kier molecular flexibility index (Phi) is 6.65. The molecular weight excluding hydrogens is 403 g/mol. The summed E-state index contributed by atoms with van der Waals surface area (Å²) in [4.78, 5) is 12.4. The molecule has 0 bridgehead atoms. The maximum absolute atomic E-state index is 12.4. The van der Waals surface area contributed by atoms with Gasteiger partial charge in [0, 0.05) is 6.42 Å². The maximum Gasteiger partial charge on any atom is 0.315 e. The van der Waals surface area contributed by atoms with Gasteiger partial charge in [0.25, 0.3) is 0 Å². The van der Waals surface area contributed by atoms with Gasteiger partial charge in [-0.25, -0.2) is 0 Å². The van der Waals surface area contributed by atoms with Gasteiger partial charge >= 0.3 is 5.97 Å². The fourth-order valence-corrected chi connectivity index (χ4v) is 3.53. The molecule has 23 heavy (non-hydrogen) atoms. The van der Waals surface area contributed by atoms with Crippen LogP contribution in [0.3, 0.4) is 0 Å². The Bertz CT molecular complexity index is 539. The van der Waals surface area contributed by atoms with E-state index >= 15 is 0 Å². The largest absolute Gasteiger partial charge is 0.465 e. The first kappa shape index (κ1) is 18.5. The minimum absolute atomic E-state index is 0.0978. The van der Waals surface area contributed by atoms with Crippen molar-refractivity contribution >= 4 is 34.6 Å². The minimum Gasteiger partial charge on any atom is -0.465 e. The zero-order valence-electron chi connectivity index (χ0n) is 13.9. The van der Waals surface area contributed by atoms with E-state index < -0.39 is 11.0 Å². The number of alkyl halides is 1. The molecule has 0 spiro atoms. The molecule has 1 fully saturated rings. The van der Waals surface area contributed by atoms with E-state index in [1.54, 1.807) is 0 Å². The van der Waals surface area contributed by atoms with Crippen LogP contribution < -0.4 is 0 Å². The van der Waals surface area contributed by atoms with Gasteiger partial charge in [0.2, 0.25) is 0 Å². The molecule has 0 aliphatic carbocycles. The summed E-state index contributed by atoms with van der Waals surface area (Å²) in [5, 5.41) is 0. The number of halogens is 1. The van der Waals surface area contributed by atoms with Crippen LogP contribution in [0.4, 0.5) is 0 Å². The second-order valence-corrected chi connectivity index (χ2v) is 7.47. The molecule has 1 aromatic carbocycles. The van der Waals surface area contributed by atoms with E-state index in [-0.39, 0.29) is 5.97 Å². The van der Waals surface area contributed by atoms with Gasteiger partial charge in [-0.2, -0.15) is 0 Å². The summed E-state index contributed by atoms with van der Waals surface area (Å²) >= 11 is 2.35. The van der Waals surface area contributed by atoms with Crippen molar-refractivity contribution in [1.29, 1.82) is 0 Å². The Morgan fingerprint density at radius 3 is 2.70 bits per heavy atom. The van der Waals surface area contributed by atoms with Crippen LogP contribution in [0.2, 0.25) is 0 Å². The standard InChI is InChI=1S/C19H25IO3/c1-18(2,19(11-7-13-20)12-15-22-17(19)21)23-14-6-10-16-8-4-3-5-9-16/h3-6,8-10H,7,11-15H2,1-2H3/b10-6-. The van der Waals surface area contributed by atoms with Crippen LogP contribution in [-0.4, -0.2) is 29.2 Å². The molecule has 1 aliphatic heterocycles. The number of ether oxygens (including phenoxy) is 2. The van der Waals surface area contributed by atoms with Gasteiger partial charge in [-0.1, -0.05) is 65.1 Å². The number of carbonyl (C=O) groups is 1. The first-order valence-corrected chi connectivity index (χ1v) is 9.63. The molecule has 0 amide bonds. The number of hydrogen-bond donors (Lipinski definition) is 0. The lowest BCUT2D eigenvalue weighted by molar-refractivity contribution is -0.165. The Morgan fingerprint density at radius 2 is 2.09 bits per heavy atom. The van der Waals surface area contributed by atoms with E-state index in [1.807, 2.05) is 44.2 Å². The van der Waals surface area contributed by atoms with Crippen LogP contribution in [0.5, 0.6) is 0 Å². The number of benzene rings is 1. The molecule has 0 N–H and O–H groups in total. The molecule has 1 aromatic rings. The van der Waals surface area contributed by atoms with Crippen molar-refractivity contribution in [2.24, 2.45) is 5.41 Å². The predicted molar refractivity (Wildman–Crippen MR) is 102 cm³/mol. The van der Waals surface area contributed by atoms with Crippen LogP contribution in [0.15, 0.2) is 36.4 Å². The summed E-state index contributed by atoms with van der Waals surface area (Å²) in [5.41, 5.74) is 0.0976. The third kappa shape index (κ3) is 4.35. The van der Waals surface area contributed by atoms with E-state index in [0.29, 0.717) is 13.2 Å². The molecule has 1 aliphatic rings. The summed E-state index contributed by atoms with van der Waals surface area (Å²) in [5.74, 6) is -0.0978. The monoisotopic (exact) mass is 428 g/mol. The van der Waals surface area contributed by atoms with E-state index in [2.05, 4.69) is 34.7 Å². The highest BCUT2D eigenvalue weighted by Crippen LogP contribution is 2.46. The van der Waals surface area contributed by atoms with Crippen molar-refractivity contribution < 1.29 is 14.3 Å². The van der Waals surface area contributed by atoms with Gasteiger partial charge in [-0.05, 0) is 36.7 Å². The lowest BCUT2D eigenvalue weighted by Gasteiger charge is -2.40. The van der Waals surface area contributed by atoms with Crippen molar-refractivity contribution in [3.05, 3.63) is 42.0 Å². The molecule has 0 aromatic heterocycles. The SMILES string of the molecule is CC(C)(OC/C=C\c1ccccc1)C1(CCCI)CCOC1=O. The number of rotatable bonds is 8. The van der Waals surface area contributed by atoms with Crippen LogP contribution in [-0.2, 0) is 14.3 Å². The highest BCUT2D eigenvalue weighted by atomic mass is 127. The molecular formula is C19H25IO3. The summed E-state index contributed by atoms with van der Waals surface area (Å²) in [6.07, 6.45) is 6.62. The van der Waals surface area contributed by atoms with Gasteiger partial charge in [0.15, 0.2) is 0 Å². The van der Waals surface area contributed by atoms with Gasteiger partial charge in [0.05, 0.1) is 24.2 Å². The lowest BCUT2D eigenvalue weighted by atomic mass is 9.69. The molecule has 0 radical (unpaired) electrons. The fourth-order valence-electron chi connectivity index (χ4n) is 3.14. The van der Waals surface area contributed by atoms with Gasteiger partial charge in [-0.3, -0.25) is 4.79 Å². The van der Waals surface area contributed by atoms with Crippen LogP contribution in [0, 0.1) is 5.41 Å². The first-order chi connectivity index (χ1) is 11.0. The minimum atomic E-state index is -0.534. The normalized spacial score (nSPS) is 21.8. The van der Waals surface area contributed by atoms with Crippen LogP contribution >= 0.6 is 22.6 Å². The molecule has 1 atom stereocenters. The molecule has 3 nitrogen and oxygen atoms in total. The summed E-state index contributed by atoms with van der Waals surface area (Å²) in [6, 6.07) is 10.1. The Morgan fingerprint density at radius 1 is 1.35 bits per heavy atom. The zero-order valence-corrected chi connectivity index (χ0v) is 16.0. The third-order valence-electron chi connectivity index (χ3n) is 4.69. The maximum atomic E-state index is 12.4. The van der Waals surface area contributed by atoms with Crippen molar-refractivity contribution in [2.45, 2.75) is 38.7 Å². The molecule has 1 saturated heterocycles. The topological polar surface area (TPSA) is 35.5 Å². The van der Waals surface area contributed by atoms with E-state index in [1.165, 1.54) is 0 Å². The first-order valence-electron chi connectivity index (χ1n) is 8.11. The van der Waals surface area contributed by atoms with Crippen LogP contribution in [0.1, 0.15) is 38.7 Å².